The quantitative estimate of drug-likeness (QED) is 0.495. The summed E-state index contributed by atoms with van der Waals surface area (Å²) in [5.41, 5.74) is 0.588. The molecular weight excluding hydrogens is 375 g/mol. The van der Waals surface area contributed by atoms with Crippen molar-refractivity contribution in [2.75, 3.05) is 33.3 Å². The Balaban J connectivity index is 0.000000309. The van der Waals surface area contributed by atoms with E-state index in [2.05, 4.69) is 4.74 Å². The van der Waals surface area contributed by atoms with Crippen LogP contribution in [0.15, 0.2) is 30.3 Å². The third-order valence-electron chi connectivity index (χ3n) is 3.54. The van der Waals surface area contributed by atoms with Crippen LogP contribution in [-0.2, 0) is 27.8 Å². The number of benzene rings is 1. The highest BCUT2D eigenvalue weighted by Crippen LogP contribution is 2.48. The zero-order valence-electron chi connectivity index (χ0n) is 16.0. The number of methoxy groups -OCH3 is 1. The Hall–Kier alpha value is -1.28. The summed E-state index contributed by atoms with van der Waals surface area (Å²) in [6.45, 7) is 4.10. The van der Waals surface area contributed by atoms with E-state index in [0.717, 1.165) is 6.42 Å². The van der Waals surface area contributed by atoms with Crippen LogP contribution >= 0.6 is 7.60 Å². The SMILES string of the molecule is CCOP(=O)(CO[C@@H]1CC[C@@H](CO)O1)OCC.COC(=O)c1ccccc1. The fraction of sp³-hybridized carbons (Fsp3) is 0.611. The van der Waals surface area contributed by atoms with Crippen LogP contribution in [0.25, 0.3) is 0 Å². The van der Waals surface area contributed by atoms with Crippen molar-refractivity contribution in [1.82, 2.24) is 0 Å². The van der Waals surface area contributed by atoms with Gasteiger partial charge in [0.2, 0.25) is 0 Å². The van der Waals surface area contributed by atoms with Crippen molar-refractivity contribution in [3.63, 3.8) is 0 Å². The van der Waals surface area contributed by atoms with Gasteiger partial charge in [-0.05, 0) is 32.4 Å². The van der Waals surface area contributed by atoms with Crippen LogP contribution in [0.3, 0.4) is 0 Å². The lowest BCUT2D eigenvalue weighted by atomic mass is 10.2. The molecule has 0 unspecified atom stereocenters. The number of aliphatic hydroxyl groups excluding tert-OH is 1. The second-order valence-electron chi connectivity index (χ2n) is 5.55. The van der Waals surface area contributed by atoms with Crippen molar-refractivity contribution in [3.8, 4) is 0 Å². The summed E-state index contributed by atoms with van der Waals surface area (Å²) >= 11 is 0. The Kier molecular flexibility index (Phi) is 11.4. The molecular formula is C18H29O8P. The minimum Gasteiger partial charge on any atom is -0.465 e. The van der Waals surface area contributed by atoms with E-state index < -0.39 is 13.9 Å². The zero-order valence-corrected chi connectivity index (χ0v) is 16.9. The van der Waals surface area contributed by atoms with Crippen molar-refractivity contribution < 1.29 is 37.7 Å². The smallest absolute Gasteiger partial charge is 0.356 e. The van der Waals surface area contributed by atoms with Gasteiger partial charge in [0.1, 0.15) is 0 Å². The van der Waals surface area contributed by atoms with Gasteiger partial charge in [-0.3, -0.25) is 4.57 Å². The molecule has 154 valence electrons. The minimum atomic E-state index is -3.16. The molecule has 2 rings (SSSR count). The monoisotopic (exact) mass is 404 g/mol. The van der Waals surface area contributed by atoms with Gasteiger partial charge < -0.3 is 28.4 Å². The molecule has 0 aliphatic carbocycles. The van der Waals surface area contributed by atoms with Crippen LogP contribution in [0, 0.1) is 0 Å². The Morgan fingerprint density at radius 1 is 1.19 bits per heavy atom. The van der Waals surface area contributed by atoms with Crippen LogP contribution in [-0.4, -0.2) is 56.7 Å². The first-order valence-electron chi connectivity index (χ1n) is 8.87. The molecule has 1 aliphatic rings. The second kappa shape index (κ2) is 13.0. The van der Waals surface area contributed by atoms with E-state index in [9.17, 15) is 9.36 Å². The highest BCUT2D eigenvalue weighted by atomic mass is 31.2. The molecule has 0 spiro atoms. The summed E-state index contributed by atoms with van der Waals surface area (Å²) in [6, 6.07) is 8.88. The average Bonchev–Trinajstić information content (AvgIpc) is 3.16. The van der Waals surface area contributed by atoms with Crippen molar-refractivity contribution in [2.24, 2.45) is 0 Å². The first kappa shape index (κ1) is 23.8. The van der Waals surface area contributed by atoms with E-state index >= 15 is 0 Å². The third-order valence-corrected chi connectivity index (χ3v) is 5.31. The Bertz CT molecular complexity index is 570. The largest absolute Gasteiger partial charge is 0.465 e. The lowest BCUT2D eigenvalue weighted by molar-refractivity contribution is -0.131. The number of aliphatic hydroxyl groups is 1. The molecule has 0 amide bonds. The summed E-state index contributed by atoms with van der Waals surface area (Å²) < 4.78 is 37.4. The summed E-state index contributed by atoms with van der Waals surface area (Å²) in [6.07, 6.45) is 0.704. The molecule has 1 heterocycles. The number of hydrogen-bond donors (Lipinski definition) is 1. The molecule has 0 radical (unpaired) electrons. The molecule has 0 saturated carbocycles. The normalized spacial score (nSPS) is 19.3. The molecule has 9 heteroatoms. The van der Waals surface area contributed by atoms with Crippen molar-refractivity contribution in [3.05, 3.63) is 35.9 Å². The van der Waals surface area contributed by atoms with Gasteiger partial charge in [-0.1, -0.05) is 18.2 Å². The van der Waals surface area contributed by atoms with Gasteiger partial charge in [0.15, 0.2) is 12.6 Å². The van der Waals surface area contributed by atoms with Gasteiger partial charge in [0, 0.05) is 6.42 Å². The van der Waals surface area contributed by atoms with Gasteiger partial charge in [0.05, 0.1) is 38.6 Å². The predicted octanol–water partition coefficient (Wildman–Crippen LogP) is 3.20. The molecule has 8 nitrogen and oxygen atoms in total. The van der Waals surface area contributed by atoms with Gasteiger partial charge in [-0.15, -0.1) is 0 Å². The molecule has 1 aromatic rings. The van der Waals surface area contributed by atoms with Gasteiger partial charge in [0.25, 0.3) is 0 Å². The predicted molar refractivity (Wildman–Crippen MR) is 99.6 cm³/mol. The Morgan fingerprint density at radius 2 is 1.81 bits per heavy atom. The van der Waals surface area contributed by atoms with E-state index in [-0.39, 0.29) is 25.0 Å². The molecule has 1 fully saturated rings. The van der Waals surface area contributed by atoms with Gasteiger partial charge in [-0.2, -0.15) is 0 Å². The van der Waals surface area contributed by atoms with E-state index in [4.69, 9.17) is 23.6 Å². The van der Waals surface area contributed by atoms with Crippen molar-refractivity contribution in [2.45, 2.75) is 39.1 Å². The Morgan fingerprint density at radius 3 is 2.30 bits per heavy atom. The molecule has 2 atom stereocenters. The van der Waals surface area contributed by atoms with Crippen molar-refractivity contribution in [1.29, 1.82) is 0 Å². The summed E-state index contributed by atoms with van der Waals surface area (Å²) in [7, 11) is -1.79. The molecule has 1 aromatic carbocycles. The molecule has 1 aliphatic heterocycles. The second-order valence-corrected chi connectivity index (χ2v) is 7.54. The fourth-order valence-electron chi connectivity index (χ4n) is 2.30. The fourth-order valence-corrected chi connectivity index (χ4v) is 3.66. The highest BCUT2D eigenvalue weighted by Gasteiger charge is 2.30. The number of hydrogen-bond acceptors (Lipinski definition) is 8. The van der Waals surface area contributed by atoms with Gasteiger partial charge >= 0.3 is 13.6 Å². The summed E-state index contributed by atoms with van der Waals surface area (Å²) in [5, 5.41) is 8.90. The van der Waals surface area contributed by atoms with Crippen LogP contribution < -0.4 is 0 Å². The lowest BCUT2D eigenvalue weighted by Crippen LogP contribution is -2.18. The van der Waals surface area contributed by atoms with E-state index in [1.807, 2.05) is 6.07 Å². The number of carbonyl (C=O) groups is 1. The maximum absolute atomic E-state index is 12.0. The van der Waals surface area contributed by atoms with Crippen LogP contribution in [0.5, 0.6) is 0 Å². The summed E-state index contributed by atoms with van der Waals surface area (Å²) in [4.78, 5) is 10.8. The first-order valence-corrected chi connectivity index (χ1v) is 10.6. The highest BCUT2D eigenvalue weighted by molar-refractivity contribution is 7.53. The average molecular weight is 404 g/mol. The standard InChI is InChI=1S/C10H21O6P.C8H8O2/c1-3-14-17(12,15-4-2)8-13-10-6-5-9(7-11)16-10;1-10-8(9)7-5-3-2-4-6-7/h9-11H,3-8H2,1-2H3;2-6H,1H3/t9-,10-;/m0./s1. The number of carbonyl (C=O) groups excluding carboxylic acids is 1. The Labute approximate surface area is 160 Å². The van der Waals surface area contributed by atoms with Crippen molar-refractivity contribution >= 4 is 13.6 Å². The number of rotatable bonds is 9. The molecule has 1 N–H and O–H groups in total. The topological polar surface area (TPSA) is 101 Å². The van der Waals surface area contributed by atoms with E-state index in [1.54, 1.807) is 38.1 Å². The molecule has 0 aromatic heterocycles. The first-order chi connectivity index (χ1) is 13.0. The maximum atomic E-state index is 12.0. The number of esters is 1. The lowest BCUT2D eigenvalue weighted by Gasteiger charge is -2.19. The maximum Gasteiger partial charge on any atom is 0.356 e. The minimum absolute atomic E-state index is 0.0194. The van der Waals surface area contributed by atoms with Gasteiger partial charge in [-0.25, -0.2) is 4.79 Å². The molecule has 27 heavy (non-hydrogen) atoms. The van der Waals surface area contributed by atoms with E-state index in [0.29, 0.717) is 25.2 Å². The number of ether oxygens (including phenoxy) is 3. The third kappa shape index (κ3) is 8.97. The van der Waals surface area contributed by atoms with Crippen LogP contribution in [0.1, 0.15) is 37.0 Å². The summed E-state index contributed by atoms with van der Waals surface area (Å²) in [5.74, 6) is -0.291. The molecule has 1 saturated heterocycles. The van der Waals surface area contributed by atoms with Crippen LogP contribution in [0.2, 0.25) is 0 Å². The van der Waals surface area contributed by atoms with Crippen LogP contribution in [0.4, 0.5) is 0 Å². The molecule has 0 bridgehead atoms. The van der Waals surface area contributed by atoms with E-state index in [1.165, 1.54) is 7.11 Å². The zero-order chi connectivity index (χ0) is 20.1.